The third-order valence-electron chi connectivity index (χ3n) is 2.11. The number of ether oxygens (including phenoxy) is 1. The number of hydrogen-bond donors (Lipinski definition) is 0. The summed E-state index contributed by atoms with van der Waals surface area (Å²) >= 11 is 8.24. The third-order valence-corrected chi connectivity index (χ3v) is 3.04. The quantitative estimate of drug-likeness (QED) is 0.763. The lowest BCUT2D eigenvalue weighted by molar-refractivity contribution is 0.558. The molecule has 17 heavy (non-hydrogen) atoms. The topological polar surface area (TPSA) is 9.23 Å². The number of thiocarbonyl (C=S) groups is 1. The van der Waals surface area contributed by atoms with Crippen molar-refractivity contribution in [2.24, 2.45) is 0 Å². The van der Waals surface area contributed by atoms with Crippen LogP contribution in [0.1, 0.15) is 5.56 Å². The van der Waals surface area contributed by atoms with E-state index in [-0.39, 0.29) is 5.82 Å². The minimum absolute atomic E-state index is 0.331. The van der Waals surface area contributed by atoms with Gasteiger partial charge >= 0.3 is 0 Å². The molecule has 2 aromatic carbocycles. The maximum atomic E-state index is 13.0. The van der Waals surface area contributed by atoms with Gasteiger partial charge in [0.25, 0.3) is 0 Å². The molecule has 0 saturated carbocycles. The molecule has 1 nitrogen and oxygen atoms in total. The highest BCUT2D eigenvalue weighted by Crippen LogP contribution is 2.22. The summed E-state index contributed by atoms with van der Waals surface area (Å²) in [5.41, 5.74) is 0.822. The lowest BCUT2D eigenvalue weighted by atomic mass is 10.2. The van der Waals surface area contributed by atoms with Crippen LogP contribution in [0.5, 0.6) is 5.75 Å². The van der Waals surface area contributed by atoms with Crippen molar-refractivity contribution in [1.82, 2.24) is 0 Å². The Kier molecular flexibility index (Phi) is 3.86. The van der Waals surface area contributed by atoms with E-state index in [1.165, 1.54) is 12.1 Å². The molecular formula is C13H8BrFOS. The highest BCUT2D eigenvalue weighted by molar-refractivity contribution is 9.10. The lowest BCUT2D eigenvalue weighted by Crippen LogP contribution is -2.06. The predicted octanol–water partition coefficient (Wildman–Crippen LogP) is 4.34. The molecule has 0 aromatic heterocycles. The summed E-state index contributed by atoms with van der Waals surface area (Å²) in [5, 5.41) is 0.365. The molecule has 0 fully saturated rings. The maximum absolute atomic E-state index is 13.0. The smallest absolute Gasteiger partial charge is 0.198 e. The molecule has 4 heteroatoms. The fourth-order valence-electron chi connectivity index (χ4n) is 1.28. The SMILES string of the molecule is Fc1ccc(OC(=S)c2ccccc2)cc1Br. The van der Waals surface area contributed by atoms with Crippen molar-refractivity contribution in [3.63, 3.8) is 0 Å². The first-order valence-electron chi connectivity index (χ1n) is 4.89. The molecule has 2 aromatic rings. The van der Waals surface area contributed by atoms with E-state index in [1.807, 2.05) is 30.3 Å². The van der Waals surface area contributed by atoms with Crippen LogP contribution in [0, 0.1) is 5.82 Å². The number of hydrogen-bond acceptors (Lipinski definition) is 2. The molecule has 0 N–H and O–H groups in total. The number of halogens is 2. The maximum Gasteiger partial charge on any atom is 0.198 e. The van der Waals surface area contributed by atoms with E-state index in [9.17, 15) is 4.39 Å². The zero-order valence-electron chi connectivity index (χ0n) is 8.69. The molecule has 0 aliphatic rings. The Morgan fingerprint density at radius 1 is 1.12 bits per heavy atom. The van der Waals surface area contributed by atoms with Gasteiger partial charge in [0.05, 0.1) is 4.47 Å². The molecule has 0 saturated heterocycles. The van der Waals surface area contributed by atoms with E-state index < -0.39 is 0 Å². The van der Waals surface area contributed by atoms with Gasteiger partial charge in [0.2, 0.25) is 0 Å². The summed E-state index contributed by atoms with van der Waals surface area (Å²) in [6, 6.07) is 13.8. The second-order valence-corrected chi connectivity index (χ2v) is 4.56. The van der Waals surface area contributed by atoms with Gasteiger partial charge in [0, 0.05) is 5.56 Å². The fraction of sp³-hybridized carbons (Fsp3) is 0. The second kappa shape index (κ2) is 5.38. The predicted molar refractivity (Wildman–Crippen MR) is 72.9 cm³/mol. The Balaban J connectivity index is 2.16. The van der Waals surface area contributed by atoms with Crippen molar-refractivity contribution in [1.29, 1.82) is 0 Å². The Morgan fingerprint density at radius 3 is 2.47 bits per heavy atom. The van der Waals surface area contributed by atoms with Crippen molar-refractivity contribution < 1.29 is 9.13 Å². The molecule has 2 rings (SSSR count). The molecule has 0 aliphatic heterocycles. The largest absolute Gasteiger partial charge is 0.445 e. The first-order chi connectivity index (χ1) is 8.16. The van der Waals surface area contributed by atoms with Gasteiger partial charge in [0.1, 0.15) is 11.6 Å². The van der Waals surface area contributed by atoms with E-state index in [1.54, 1.807) is 6.07 Å². The van der Waals surface area contributed by atoms with Gasteiger partial charge < -0.3 is 4.74 Å². The highest BCUT2D eigenvalue weighted by atomic mass is 79.9. The standard InChI is InChI=1S/C13H8BrFOS/c14-11-8-10(6-7-12(11)15)16-13(17)9-4-2-1-3-5-9/h1-8H. The number of rotatable bonds is 2. The Hall–Kier alpha value is -1.26. The molecule has 0 aliphatic carbocycles. The van der Waals surface area contributed by atoms with Crippen molar-refractivity contribution in [3.05, 3.63) is 64.4 Å². The molecule has 0 bridgehead atoms. The van der Waals surface area contributed by atoms with Crippen molar-refractivity contribution >= 4 is 33.2 Å². The van der Waals surface area contributed by atoms with Crippen LogP contribution in [-0.2, 0) is 0 Å². The monoisotopic (exact) mass is 310 g/mol. The van der Waals surface area contributed by atoms with Crippen molar-refractivity contribution in [2.45, 2.75) is 0 Å². The fourth-order valence-corrected chi connectivity index (χ4v) is 1.87. The van der Waals surface area contributed by atoms with E-state index in [0.717, 1.165) is 5.56 Å². The van der Waals surface area contributed by atoms with Gasteiger partial charge in [-0.15, -0.1) is 0 Å². The minimum Gasteiger partial charge on any atom is -0.445 e. The Labute approximate surface area is 112 Å². The van der Waals surface area contributed by atoms with Crippen molar-refractivity contribution in [2.75, 3.05) is 0 Å². The van der Waals surface area contributed by atoms with E-state index in [0.29, 0.717) is 15.3 Å². The van der Waals surface area contributed by atoms with Gasteiger partial charge in [0.15, 0.2) is 5.05 Å². The lowest BCUT2D eigenvalue weighted by Gasteiger charge is -2.07. The summed E-state index contributed by atoms with van der Waals surface area (Å²) in [6.07, 6.45) is 0. The second-order valence-electron chi connectivity index (χ2n) is 3.33. The molecule has 0 spiro atoms. The van der Waals surface area contributed by atoms with Crippen LogP contribution in [-0.4, -0.2) is 5.05 Å². The van der Waals surface area contributed by atoms with Crippen LogP contribution in [0.25, 0.3) is 0 Å². The highest BCUT2D eigenvalue weighted by Gasteiger charge is 2.05. The summed E-state index contributed by atoms with van der Waals surface area (Å²) in [5.74, 6) is 0.176. The van der Waals surface area contributed by atoms with Gasteiger partial charge in [-0.25, -0.2) is 4.39 Å². The molecule has 0 unspecified atom stereocenters. The normalized spacial score (nSPS) is 10.0. The zero-order valence-corrected chi connectivity index (χ0v) is 11.1. The molecule has 0 atom stereocenters. The zero-order chi connectivity index (χ0) is 12.3. The summed E-state index contributed by atoms with van der Waals surface area (Å²) in [6.45, 7) is 0. The summed E-state index contributed by atoms with van der Waals surface area (Å²) in [7, 11) is 0. The molecule has 0 radical (unpaired) electrons. The molecule has 86 valence electrons. The number of benzene rings is 2. The first-order valence-corrected chi connectivity index (χ1v) is 6.09. The van der Waals surface area contributed by atoms with Crippen LogP contribution < -0.4 is 4.74 Å². The molecule has 0 amide bonds. The average molecular weight is 311 g/mol. The Bertz CT molecular complexity index is 542. The van der Waals surface area contributed by atoms with E-state index >= 15 is 0 Å². The van der Waals surface area contributed by atoms with Crippen LogP contribution in [0.2, 0.25) is 0 Å². The first kappa shape index (κ1) is 12.2. The summed E-state index contributed by atoms with van der Waals surface area (Å²) in [4.78, 5) is 0. The van der Waals surface area contributed by atoms with Crippen LogP contribution in [0.3, 0.4) is 0 Å². The minimum atomic E-state index is -0.331. The van der Waals surface area contributed by atoms with E-state index in [2.05, 4.69) is 15.9 Å². The van der Waals surface area contributed by atoms with Crippen molar-refractivity contribution in [3.8, 4) is 5.75 Å². The van der Waals surface area contributed by atoms with Gasteiger partial charge in [-0.3, -0.25) is 0 Å². The van der Waals surface area contributed by atoms with Gasteiger partial charge in [-0.2, -0.15) is 0 Å². The summed E-state index contributed by atoms with van der Waals surface area (Å²) < 4.78 is 18.8. The molecular weight excluding hydrogens is 303 g/mol. The average Bonchev–Trinajstić information content (AvgIpc) is 2.35. The third kappa shape index (κ3) is 3.11. The van der Waals surface area contributed by atoms with Crippen LogP contribution in [0.4, 0.5) is 4.39 Å². The van der Waals surface area contributed by atoms with Gasteiger partial charge in [-0.05, 0) is 46.3 Å². The van der Waals surface area contributed by atoms with Crippen LogP contribution in [0.15, 0.2) is 53.0 Å². The molecule has 0 heterocycles. The van der Waals surface area contributed by atoms with Crippen LogP contribution >= 0.6 is 28.1 Å². The van der Waals surface area contributed by atoms with Gasteiger partial charge in [-0.1, -0.05) is 30.3 Å². The Morgan fingerprint density at radius 2 is 1.82 bits per heavy atom. The van der Waals surface area contributed by atoms with E-state index in [4.69, 9.17) is 17.0 Å².